The van der Waals surface area contributed by atoms with Gasteiger partial charge in [0, 0.05) is 24.4 Å². The fourth-order valence-electron chi connectivity index (χ4n) is 1.83. The first-order valence-electron chi connectivity index (χ1n) is 4.75. The highest BCUT2D eigenvalue weighted by molar-refractivity contribution is 7.10. The summed E-state index contributed by atoms with van der Waals surface area (Å²) in [7, 11) is 3.80. The van der Waals surface area contributed by atoms with E-state index in [0.29, 0.717) is 12.5 Å². The quantitative estimate of drug-likeness (QED) is 0.766. The zero-order chi connectivity index (χ0) is 10.1. The summed E-state index contributed by atoms with van der Waals surface area (Å²) in [6.45, 7) is 0. The van der Waals surface area contributed by atoms with Gasteiger partial charge in [0.1, 0.15) is 0 Å². The van der Waals surface area contributed by atoms with Crippen molar-refractivity contribution < 1.29 is 4.79 Å². The summed E-state index contributed by atoms with van der Waals surface area (Å²) >= 11 is 1.72. The standard InChI is InChI=1S/C10H14N2OS/c1-11-7-3-4-9(13)12(2)8-5-6-14-10(7)8/h5-7,11H,3-4H2,1-2H3/t7-/m1/s1. The topological polar surface area (TPSA) is 32.3 Å². The summed E-state index contributed by atoms with van der Waals surface area (Å²) in [6.07, 6.45) is 1.52. The first kappa shape index (κ1) is 9.68. The molecule has 2 heterocycles. The number of hydrogen-bond acceptors (Lipinski definition) is 3. The minimum Gasteiger partial charge on any atom is -0.314 e. The molecular weight excluding hydrogens is 196 g/mol. The van der Waals surface area contributed by atoms with E-state index in [2.05, 4.69) is 5.32 Å². The molecule has 76 valence electrons. The number of hydrogen-bond donors (Lipinski definition) is 1. The third-order valence-corrected chi connectivity index (χ3v) is 3.74. The van der Waals surface area contributed by atoms with Crippen LogP contribution in [0.25, 0.3) is 0 Å². The van der Waals surface area contributed by atoms with Gasteiger partial charge in [0.2, 0.25) is 5.91 Å². The Labute approximate surface area is 87.7 Å². The number of carbonyl (C=O) groups is 1. The van der Waals surface area contributed by atoms with Gasteiger partial charge in [-0.25, -0.2) is 0 Å². The van der Waals surface area contributed by atoms with E-state index in [9.17, 15) is 4.79 Å². The average Bonchev–Trinajstić information content (AvgIpc) is 2.62. The first-order valence-corrected chi connectivity index (χ1v) is 5.63. The number of rotatable bonds is 1. The maximum Gasteiger partial charge on any atom is 0.226 e. The molecule has 14 heavy (non-hydrogen) atoms. The minimum absolute atomic E-state index is 0.211. The van der Waals surface area contributed by atoms with Crippen molar-refractivity contribution in [1.29, 1.82) is 0 Å². The van der Waals surface area contributed by atoms with Crippen LogP contribution in [0, 0.1) is 0 Å². The van der Waals surface area contributed by atoms with Crippen LogP contribution in [0.15, 0.2) is 11.4 Å². The molecule has 3 nitrogen and oxygen atoms in total. The van der Waals surface area contributed by atoms with E-state index < -0.39 is 0 Å². The lowest BCUT2D eigenvalue weighted by atomic mass is 10.1. The van der Waals surface area contributed by atoms with Gasteiger partial charge in [0.05, 0.1) is 5.69 Å². The zero-order valence-corrected chi connectivity index (χ0v) is 9.23. The Morgan fingerprint density at radius 2 is 2.43 bits per heavy atom. The molecule has 1 amide bonds. The van der Waals surface area contributed by atoms with Gasteiger partial charge in [-0.1, -0.05) is 0 Å². The van der Waals surface area contributed by atoms with Crippen LogP contribution < -0.4 is 10.2 Å². The van der Waals surface area contributed by atoms with Crippen molar-refractivity contribution in [2.45, 2.75) is 18.9 Å². The Kier molecular flexibility index (Phi) is 2.56. The summed E-state index contributed by atoms with van der Waals surface area (Å²) in [6, 6.07) is 2.35. The van der Waals surface area contributed by atoms with Crippen LogP contribution in [-0.4, -0.2) is 20.0 Å². The highest BCUT2D eigenvalue weighted by Gasteiger charge is 2.25. The Balaban J connectivity index is 2.42. The predicted molar refractivity (Wildman–Crippen MR) is 58.8 cm³/mol. The van der Waals surface area contributed by atoms with E-state index in [1.54, 1.807) is 16.2 Å². The number of anilines is 1. The second-order valence-electron chi connectivity index (χ2n) is 3.50. The molecule has 0 saturated carbocycles. The Morgan fingerprint density at radius 1 is 1.64 bits per heavy atom. The highest BCUT2D eigenvalue weighted by Crippen LogP contribution is 2.36. The summed E-state index contributed by atoms with van der Waals surface area (Å²) in [5, 5.41) is 5.30. The van der Waals surface area contributed by atoms with Crippen LogP contribution in [0.1, 0.15) is 23.8 Å². The molecule has 0 aliphatic carbocycles. The van der Waals surface area contributed by atoms with Gasteiger partial charge >= 0.3 is 0 Å². The molecule has 0 saturated heterocycles. The number of carbonyl (C=O) groups excluding carboxylic acids is 1. The van der Waals surface area contributed by atoms with Crippen LogP contribution in [0.2, 0.25) is 0 Å². The fraction of sp³-hybridized carbons (Fsp3) is 0.500. The predicted octanol–water partition coefficient (Wildman–Crippen LogP) is 1.77. The summed E-state index contributed by atoms with van der Waals surface area (Å²) < 4.78 is 0. The van der Waals surface area contributed by atoms with Crippen LogP contribution in [0.3, 0.4) is 0 Å². The van der Waals surface area contributed by atoms with Crippen molar-refractivity contribution in [2.75, 3.05) is 19.0 Å². The largest absolute Gasteiger partial charge is 0.314 e. The van der Waals surface area contributed by atoms with Crippen molar-refractivity contribution in [3.63, 3.8) is 0 Å². The maximum absolute atomic E-state index is 11.6. The Hall–Kier alpha value is -0.870. The van der Waals surface area contributed by atoms with Gasteiger partial charge in [0.15, 0.2) is 0 Å². The molecule has 0 fully saturated rings. The molecule has 4 heteroatoms. The van der Waals surface area contributed by atoms with Gasteiger partial charge in [-0.2, -0.15) is 0 Å². The summed E-state index contributed by atoms with van der Waals surface area (Å²) in [5.74, 6) is 0.211. The lowest BCUT2D eigenvalue weighted by molar-refractivity contribution is -0.118. The second kappa shape index (κ2) is 3.71. The number of amides is 1. The van der Waals surface area contributed by atoms with Gasteiger partial charge < -0.3 is 10.2 Å². The van der Waals surface area contributed by atoms with Crippen LogP contribution >= 0.6 is 11.3 Å². The van der Waals surface area contributed by atoms with Crippen LogP contribution in [0.5, 0.6) is 0 Å². The number of nitrogens with one attached hydrogen (secondary N) is 1. The van der Waals surface area contributed by atoms with Gasteiger partial charge in [-0.05, 0) is 24.9 Å². The lowest BCUT2D eigenvalue weighted by Gasteiger charge is -2.15. The van der Waals surface area contributed by atoms with Crippen LogP contribution in [-0.2, 0) is 4.79 Å². The van der Waals surface area contributed by atoms with E-state index >= 15 is 0 Å². The van der Waals surface area contributed by atoms with Crippen molar-refractivity contribution in [3.8, 4) is 0 Å². The molecule has 1 aromatic heterocycles. The molecular formula is C10H14N2OS. The molecule has 1 aliphatic heterocycles. The molecule has 0 bridgehead atoms. The molecule has 2 rings (SSSR count). The SMILES string of the molecule is CN[C@@H]1CCC(=O)N(C)c2ccsc21. The van der Waals surface area contributed by atoms with Crippen LogP contribution in [0.4, 0.5) is 5.69 Å². The molecule has 1 aliphatic rings. The van der Waals surface area contributed by atoms with E-state index in [0.717, 1.165) is 12.1 Å². The van der Waals surface area contributed by atoms with E-state index in [1.165, 1.54) is 4.88 Å². The number of thiophene rings is 1. The first-order chi connectivity index (χ1) is 6.74. The summed E-state index contributed by atoms with van der Waals surface area (Å²) in [5.41, 5.74) is 1.07. The zero-order valence-electron chi connectivity index (χ0n) is 8.41. The van der Waals surface area contributed by atoms with Crippen molar-refractivity contribution >= 4 is 22.9 Å². The molecule has 1 aromatic rings. The van der Waals surface area contributed by atoms with Gasteiger partial charge in [-0.15, -0.1) is 11.3 Å². The molecule has 1 atom stereocenters. The average molecular weight is 210 g/mol. The van der Waals surface area contributed by atoms with Crippen molar-refractivity contribution in [2.24, 2.45) is 0 Å². The molecule has 0 spiro atoms. The maximum atomic E-state index is 11.6. The highest BCUT2D eigenvalue weighted by atomic mass is 32.1. The normalized spacial score (nSPS) is 22.0. The van der Waals surface area contributed by atoms with E-state index in [4.69, 9.17) is 0 Å². The number of nitrogens with zero attached hydrogens (tertiary/aromatic N) is 1. The fourth-order valence-corrected chi connectivity index (χ4v) is 2.90. The molecule has 1 N–H and O–H groups in total. The van der Waals surface area contributed by atoms with Gasteiger partial charge in [-0.3, -0.25) is 4.79 Å². The van der Waals surface area contributed by atoms with Crippen molar-refractivity contribution in [3.05, 3.63) is 16.3 Å². The molecule has 0 radical (unpaired) electrons. The summed E-state index contributed by atoms with van der Waals surface area (Å²) in [4.78, 5) is 14.7. The monoisotopic (exact) mass is 210 g/mol. The third-order valence-electron chi connectivity index (χ3n) is 2.72. The second-order valence-corrected chi connectivity index (χ2v) is 4.45. The van der Waals surface area contributed by atoms with Gasteiger partial charge in [0.25, 0.3) is 0 Å². The van der Waals surface area contributed by atoms with Crippen molar-refractivity contribution in [1.82, 2.24) is 5.32 Å². The van der Waals surface area contributed by atoms with E-state index in [1.807, 2.05) is 25.5 Å². The Bertz CT molecular complexity index is 348. The number of fused-ring (bicyclic) bond motifs is 1. The smallest absolute Gasteiger partial charge is 0.226 e. The third kappa shape index (κ3) is 1.44. The Morgan fingerprint density at radius 3 is 3.14 bits per heavy atom. The minimum atomic E-state index is 0.211. The lowest BCUT2D eigenvalue weighted by Crippen LogP contribution is -2.24. The molecule has 0 aromatic carbocycles. The van der Waals surface area contributed by atoms with E-state index in [-0.39, 0.29) is 5.91 Å². The molecule has 0 unspecified atom stereocenters.